The van der Waals surface area contributed by atoms with Crippen LogP contribution < -0.4 is 0 Å². The number of rotatable bonds is 6. The number of thiocarbonyl (C=S) groups is 1. The Bertz CT molecular complexity index is 1150. The first-order chi connectivity index (χ1) is 15.2. The first-order valence-corrected chi connectivity index (χ1v) is 11.1. The highest BCUT2D eigenvalue weighted by molar-refractivity contribution is 7.80. The molecule has 0 saturated heterocycles. The van der Waals surface area contributed by atoms with Crippen LogP contribution in [0, 0.1) is 0 Å². The lowest BCUT2D eigenvalue weighted by Crippen LogP contribution is -2.09. The van der Waals surface area contributed by atoms with E-state index in [1.54, 1.807) is 0 Å². The summed E-state index contributed by atoms with van der Waals surface area (Å²) in [6, 6.07) is 36.3. The van der Waals surface area contributed by atoms with Crippen LogP contribution in [0.5, 0.6) is 0 Å². The van der Waals surface area contributed by atoms with Crippen molar-refractivity contribution in [2.75, 3.05) is 0 Å². The zero-order valence-electron chi connectivity index (χ0n) is 17.9. The Hall–Kier alpha value is -3.23. The zero-order chi connectivity index (χ0) is 21.6. The molecule has 4 rings (SSSR count). The highest BCUT2D eigenvalue weighted by Crippen LogP contribution is 2.42. The van der Waals surface area contributed by atoms with E-state index < -0.39 is 0 Å². The summed E-state index contributed by atoms with van der Waals surface area (Å²) < 4.78 is 6.16. The van der Waals surface area contributed by atoms with Gasteiger partial charge in [-0.05, 0) is 64.2 Å². The summed E-state index contributed by atoms with van der Waals surface area (Å²) in [4.78, 5) is 0. The van der Waals surface area contributed by atoms with Gasteiger partial charge in [0.2, 0.25) is 0 Å². The summed E-state index contributed by atoms with van der Waals surface area (Å²) in [6.07, 6.45) is 0.721. The van der Waals surface area contributed by atoms with Crippen molar-refractivity contribution >= 4 is 17.3 Å². The van der Waals surface area contributed by atoms with Crippen LogP contribution in [-0.4, -0.2) is 5.05 Å². The minimum Gasteiger partial charge on any atom is -0.480 e. The van der Waals surface area contributed by atoms with E-state index >= 15 is 0 Å². The van der Waals surface area contributed by atoms with Crippen molar-refractivity contribution in [1.29, 1.82) is 0 Å². The third-order valence-electron chi connectivity index (χ3n) is 5.45. The van der Waals surface area contributed by atoms with Crippen LogP contribution in [0.15, 0.2) is 103 Å². The van der Waals surface area contributed by atoms with Gasteiger partial charge in [0.15, 0.2) is 5.05 Å². The maximum absolute atomic E-state index is 6.16. The normalized spacial score (nSPS) is 11.7. The monoisotopic (exact) mass is 422 g/mol. The van der Waals surface area contributed by atoms with Gasteiger partial charge in [0, 0.05) is 12.5 Å². The van der Waals surface area contributed by atoms with Crippen molar-refractivity contribution in [3.8, 4) is 33.4 Å². The van der Waals surface area contributed by atoms with Crippen molar-refractivity contribution in [1.82, 2.24) is 0 Å². The molecule has 4 aromatic carbocycles. The molecule has 0 N–H and O–H groups in total. The molecule has 31 heavy (non-hydrogen) atoms. The molecule has 0 bridgehead atoms. The third kappa shape index (κ3) is 4.76. The zero-order valence-corrected chi connectivity index (χ0v) is 18.7. The van der Waals surface area contributed by atoms with E-state index in [0.29, 0.717) is 5.05 Å². The Balaban J connectivity index is 2.05. The summed E-state index contributed by atoms with van der Waals surface area (Å²) in [7, 11) is 0. The van der Waals surface area contributed by atoms with Gasteiger partial charge in [-0.1, -0.05) is 97.9 Å². The molecule has 4 aromatic rings. The summed E-state index contributed by atoms with van der Waals surface area (Å²) in [5.41, 5.74) is 8.31. The molecule has 0 spiro atoms. The lowest BCUT2D eigenvalue weighted by atomic mass is 9.85. The van der Waals surface area contributed by atoms with E-state index in [4.69, 9.17) is 17.0 Å². The predicted molar refractivity (Wildman–Crippen MR) is 135 cm³/mol. The van der Waals surface area contributed by atoms with Gasteiger partial charge in [0.05, 0.1) is 0 Å². The fourth-order valence-corrected chi connectivity index (χ4v) is 4.17. The standard InChI is InChI=1S/C29H26OS/c1-3-28(30-21(2)31)27-20-25(22-13-7-4-8-14-22)19-26(23-15-9-5-10-16-23)29(27)24-17-11-6-12-18-24/h4-20,28H,3H2,1-2H3/t28-/m1/s1. The second-order valence-corrected chi connectivity index (χ2v) is 8.17. The maximum atomic E-state index is 6.16. The molecule has 0 saturated carbocycles. The van der Waals surface area contributed by atoms with Crippen molar-refractivity contribution < 1.29 is 4.74 Å². The van der Waals surface area contributed by atoms with Crippen molar-refractivity contribution in [3.63, 3.8) is 0 Å². The van der Waals surface area contributed by atoms with E-state index in [1.807, 2.05) is 13.0 Å². The molecule has 0 aliphatic rings. The molecule has 0 amide bonds. The largest absolute Gasteiger partial charge is 0.480 e. The first kappa shape index (κ1) is 21.0. The lowest BCUT2D eigenvalue weighted by molar-refractivity contribution is 0.192. The van der Waals surface area contributed by atoms with Crippen LogP contribution in [0.3, 0.4) is 0 Å². The van der Waals surface area contributed by atoms with Crippen LogP contribution in [0.4, 0.5) is 0 Å². The van der Waals surface area contributed by atoms with E-state index in [0.717, 1.165) is 12.0 Å². The second kappa shape index (κ2) is 9.72. The molecule has 0 aromatic heterocycles. The molecule has 0 radical (unpaired) electrons. The quantitative estimate of drug-likeness (QED) is 0.288. The van der Waals surface area contributed by atoms with Crippen molar-refractivity contribution in [2.24, 2.45) is 0 Å². The molecule has 1 nitrogen and oxygen atoms in total. The van der Waals surface area contributed by atoms with E-state index in [2.05, 4.69) is 104 Å². The Morgan fingerprint density at radius 2 is 1.23 bits per heavy atom. The van der Waals surface area contributed by atoms with Gasteiger partial charge in [-0.25, -0.2) is 0 Å². The molecular weight excluding hydrogens is 396 g/mol. The van der Waals surface area contributed by atoms with Gasteiger partial charge in [-0.2, -0.15) is 0 Å². The smallest absolute Gasteiger partial charge is 0.157 e. The Morgan fingerprint density at radius 3 is 1.74 bits per heavy atom. The first-order valence-electron chi connectivity index (χ1n) is 10.7. The predicted octanol–water partition coefficient (Wildman–Crippen LogP) is 8.50. The fraction of sp³-hybridized carbons (Fsp3) is 0.138. The highest BCUT2D eigenvalue weighted by Gasteiger charge is 2.22. The molecule has 0 heterocycles. The molecule has 2 heteroatoms. The van der Waals surface area contributed by atoms with Crippen LogP contribution in [0.1, 0.15) is 31.9 Å². The van der Waals surface area contributed by atoms with E-state index in [9.17, 15) is 0 Å². The Kier molecular flexibility index (Phi) is 6.59. The fourth-order valence-electron chi connectivity index (χ4n) is 4.06. The van der Waals surface area contributed by atoms with Gasteiger partial charge >= 0.3 is 0 Å². The van der Waals surface area contributed by atoms with Gasteiger partial charge in [0.25, 0.3) is 0 Å². The average Bonchev–Trinajstić information content (AvgIpc) is 2.83. The maximum Gasteiger partial charge on any atom is 0.157 e. The summed E-state index contributed by atoms with van der Waals surface area (Å²) in [5.74, 6) is 0. The van der Waals surface area contributed by atoms with Crippen LogP contribution in [0.2, 0.25) is 0 Å². The average molecular weight is 423 g/mol. The minimum atomic E-state index is -0.112. The minimum absolute atomic E-state index is 0.112. The van der Waals surface area contributed by atoms with Crippen LogP contribution >= 0.6 is 12.2 Å². The summed E-state index contributed by atoms with van der Waals surface area (Å²) in [5, 5.41) is 0.567. The second-order valence-electron chi connectivity index (χ2n) is 7.59. The number of hydrogen-bond acceptors (Lipinski definition) is 2. The molecular formula is C29H26OS. The van der Waals surface area contributed by atoms with Crippen LogP contribution in [-0.2, 0) is 4.74 Å². The van der Waals surface area contributed by atoms with E-state index in [1.165, 1.54) is 33.4 Å². The van der Waals surface area contributed by atoms with Gasteiger partial charge in [-0.3, -0.25) is 0 Å². The lowest BCUT2D eigenvalue weighted by Gasteiger charge is -2.24. The van der Waals surface area contributed by atoms with Crippen molar-refractivity contribution in [2.45, 2.75) is 26.4 Å². The van der Waals surface area contributed by atoms with Crippen molar-refractivity contribution in [3.05, 3.63) is 109 Å². The molecule has 1 atom stereocenters. The number of ether oxygens (including phenoxy) is 1. The Morgan fingerprint density at radius 1 is 0.710 bits per heavy atom. The van der Waals surface area contributed by atoms with Gasteiger partial charge in [-0.15, -0.1) is 0 Å². The number of benzene rings is 4. The summed E-state index contributed by atoms with van der Waals surface area (Å²) in [6.45, 7) is 3.99. The highest BCUT2D eigenvalue weighted by atomic mass is 32.1. The molecule has 154 valence electrons. The SMILES string of the molecule is CC[C@@H](OC(C)=S)c1cc(-c2ccccc2)cc(-c2ccccc2)c1-c1ccccc1. The molecule has 0 aliphatic carbocycles. The Labute approximate surface area is 190 Å². The van der Waals surface area contributed by atoms with Crippen LogP contribution in [0.25, 0.3) is 33.4 Å². The van der Waals surface area contributed by atoms with E-state index in [-0.39, 0.29) is 6.10 Å². The summed E-state index contributed by atoms with van der Waals surface area (Å²) >= 11 is 5.33. The third-order valence-corrected chi connectivity index (χ3v) is 5.55. The molecule has 0 fully saturated rings. The van der Waals surface area contributed by atoms with Gasteiger partial charge in [0.1, 0.15) is 6.10 Å². The molecule has 0 unspecified atom stereocenters. The topological polar surface area (TPSA) is 9.23 Å². The van der Waals surface area contributed by atoms with Gasteiger partial charge < -0.3 is 4.74 Å². The molecule has 0 aliphatic heterocycles. The number of hydrogen-bond donors (Lipinski definition) is 0.